The SMILES string of the molecule is Cc1sc(NC(=O)c2cc3cc(Cl)ccc3oc2=O)nc1-c1ccc(-c2ccccc2)cc1. The van der Waals surface area contributed by atoms with E-state index in [1.54, 1.807) is 18.2 Å². The lowest BCUT2D eigenvalue weighted by Crippen LogP contribution is -2.20. The van der Waals surface area contributed by atoms with Gasteiger partial charge in [-0.3, -0.25) is 10.1 Å². The fraction of sp³-hybridized carbons (Fsp3) is 0.0385. The molecule has 0 spiro atoms. The second kappa shape index (κ2) is 8.65. The Morgan fingerprint density at radius 2 is 1.64 bits per heavy atom. The first-order valence-corrected chi connectivity index (χ1v) is 11.4. The summed E-state index contributed by atoms with van der Waals surface area (Å²) in [4.78, 5) is 30.6. The molecule has 2 heterocycles. The molecular weight excluding hydrogens is 456 g/mol. The lowest BCUT2D eigenvalue weighted by Gasteiger charge is -2.04. The van der Waals surface area contributed by atoms with Crippen molar-refractivity contribution in [2.75, 3.05) is 5.32 Å². The Balaban J connectivity index is 1.40. The number of carbonyl (C=O) groups excluding carboxylic acids is 1. The molecule has 5 aromatic rings. The van der Waals surface area contributed by atoms with Crippen molar-refractivity contribution < 1.29 is 9.21 Å². The van der Waals surface area contributed by atoms with Crippen molar-refractivity contribution in [3.63, 3.8) is 0 Å². The van der Waals surface area contributed by atoms with Crippen LogP contribution in [0.4, 0.5) is 5.13 Å². The molecule has 5 rings (SSSR count). The van der Waals surface area contributed by atoms with E-state index in [1.165, 1.54) is 17.4 Å². The van der Waals surface area contributed by atoms with Gasteiger partial charge < -0.3 is 4.42 Å². The number of hydrogen-bond donors (Lipinski definition) is 1. The highest BCUT2D eigenvalue weighted by atomic mass is 35.5. The number of aromatic nitrogens is 1. The average Bonchev–Trinajstić information content (AvgIpc) is 3.19. The Bertz CT molecular complexity index is 1540. The maximum absolute atomic E-state index is 12.8. The zero-order valence-corrected chi connectivity index (χ0v) is 19.0. The van der Waals surface area contributed by atoms with Gasteiger partial charge in [0, 0.05) is 20.8 Å². The largest absolute Gasteiger partial charge is 0.422 e. The summed E-state index contributed by atoms with van der Waals surface area (Å²) in [6, 6.07) is 24.6. The first-order chi connectivity index (χ1) is 16.0. The normalized spacial score (nSPS) is 11.0. The van der Waals surface area contributed by atoms with Crippen LogP contribution in [0.25, 0.3) is 33.4 Å². The lowest BCUT2D eigenvalue weighted by atomic mass is 10.0. The molecule has 162 valence electrons. The summed E-state index contributed by atoms with van der Waals surface area (Å²) in [7, 11) is 0. The Labute approximate surface area is 198 Å². The topological polar surface area (TPSA) is 72.2 Å². The van der Waals surface area contributed by atoms with Crippen LogP contribution >= 0.6 is 22.9 Å². The zero-order chi connectivity index (χ0) is 22.9. The van der Waals surface area contributed by atoms with Gasteiger partial charge in [0.2, 0.25) is 0 Å². The van der Waals surface area contributed by atoms with Gasteiger partial charge in [0.1, 0.15) is 11.1 Å². The van der Waals surface area contributed by atoms with E-state index in [9.17, 15) is 9.59 Å². The van der Waals surface area contributed by atoms with Gasteiger partial charge >= 0.3 is 5.63 Å². The van der Waals surface area contributed by atoms with E-state index in [-0.39, 0.29) is 5.56 Å². The van der Waals surface area contributed by atoms with Gasteiger partial charge in [-0.1, -0.05) is 66.2 Å². The minimum atomic E-state index is -0.715. The molecule has 7 heteroatoms. The third-order valence-electron chi connectivity index (χ3n) is 5.22. The summed E-state index contributed by atoms with van der Waals surface area (Å²) < 4.78 is 5.26. The maximum Gasteiger partial charge on any atom is 0.349 e. The van der Waals surface area contributed by atoms with E-state index >= 15 is 0 Å². The minimum Gasteiger partial charge on any atom is -0.422 e. The average molecular weight is 473 g/mol. The fourth-order valence-electron chi connectivity index (χ4n) is 3.59. The number of thiazole rings is 1. The second-order valence-electron chi connectivity index (χ2n) is 7.45. The summed E-state index contributed by atoms with van der Waals surface area (Å²) in [6.07, 6.45) is 0. The number of hydrogen-bond acceptors (Lipinski definition) is 5. The summed E-state index contributed by atoms with van der Waals surface area (Å²) >= 11 is 7.36. The van der Waals surface area contributed by atoms with E-state index < -0.39 is 11.5 Å². The molecule has 1 amide bonds. The number of anilines is 1. The Kier molecular flexibility index (Phi) is 5.54. The molecule has 0 saturated heterocycles. The van der Waals surface area contributed by atoms with Gasteiger partial charge in [-0.05, 0) is 42.3 Å². The Hall–Kier alpha value is -3.74. The summed E-state index contributed by atoms with van der Waals surface area (Å²) in [6.45, 7) is 1.94. The molecule has 1 N–H and O–H groups in total. The predicted octanol–water partition coefficient (Wildman–Crippen LogP) is 6.80. The van der Waals surface area contributed by atoms with E-state index in [4.69, 9.17) is 16.0 Å². The van der Waals surface area contributed by atoms with Gasteiger partial charge in [-0.2, -0.15) is 0 Å². The van der Waals surface area contributed by atoms with Crippen molar-refractivity contribution >= 4 is 44.9 Å². The van der Waals surface area contributed by atoms with Crippen molar-refractivity contribution in [1.29, 1.82) is 0 Å². The molecule has 0 saturated carbocycles. The third kappa shape index (κ3) is 4.31. The monoisotopic (exact) mass is 472 g/mol. The lowest BCUT2D eigenvalue weighted by molar-refractivity contribution is 0.102. The molecular formula is C26H17ClN2O3S. The van der Waals surface area contributed by atoms with Crippen molar-refractivity contribution in [3.05, 3.63) is 105 Å². The highest BCUT2D eigenvalue weighted by Crippen LogP contribution is 2.32. The quantitative estimate of drug-likeness (QED) is 0.292. The molecule has 0 atom stereocenters. The van der Waals surface area contributed by atoms with E-state index in [0.29, 0.717) is 21.1 Å². The van der Waals surface area contributed by atoms with Crippen molar-refractivity contribution in [2.45, 2.75) is 6.92 Å². The van der Waals surface area contributed by atoms with Crippen LogP contribution in [0.5, 0.6) is 0 Å². The van der Waals surface area contributed by atoms with Crippen LogP contribution in [-0.2, 0) is 0 Å². The van der Waals surface area contributed by atoms with E-state index in [0.717, 1.165) is 27.3 Å². The van der Waals surface area contributed by atoms with Crippen LogP contribution in [0.1, 0.15) is 15.2 Å². The van der Waals surface area contributed by atoms with Crippen LogP contribution < -0.4 is 10.9 Å². The van der Waals surface area contributed by atoms with Gasteiger partial charge in [-0.25, -0.2) is 9.78 Å². The van der Waals surface area contributed by atoms with E-state index in [2.05, 4.69) is 22.4 Å². The maximum atomic E-state index is 12.8. The van der Waals surface area contributed by atoms with Crippen LogP contribution in [0.2, 0.25) is 5.02 Å². The smallest absolute Gasteiger partial charge is 0.349 e. The molecule has 0 aliphatic rings. The molecule has 0 bridgehead atoms. The molecule has 0 aliphatic carbocycles. The number of carbonyl (C=O) groups is 1. The number of benzene rings is 3. The predicted molar refractivity (Wildman–Crippen MR) is 133 cm³/mol. The first-order valence-electron chi connectivity index (χ1n) is 10.2. The molecule has 0 unspecified atom stereocenters. The van der Waals surface area contributed by atoms with Crippen molar-refractivity contribution in [1.82, 2.24) is 4.98 Å². The number of nitrogens with one attached hydrogen (secondary N) is 1. The summed E-state index contributed by atoms with van der Waals surface area (Å²) in [5, 5.41) is 4.19. The molecule has 5 nitrogen and oxygen atoms in total. The van der Waals surface area contributed by atoms with Crippen LogP contribution in [-0.4, -0.2) is 10.9 Å². The third-order valence-corrected chi connectivity index (χ3v) is 6.34. The zero-order valence-electron chi connectivity index (χ0n) is 17.5. The van der Waals surface area contributed by atoms with Crippen LogP contribution in [0.15, 0.2) is 88.1 Å². The molecule has 0 fully saturated rings. The number of fused-ring (bicyclic) bond motifs is 1. The number of rotatable bonds is 4. The fourth-order valence-corrected chi connectivity index (χ4v) is 4.60. The molecule has 0 aliphatic heterocycles. The Morgan fingerprint density at radius 3 is 2.39 bits per heavy atom. The first kappa shape index (κ1) is 21.1. The number of amides is 1. The molecule has 3 aromatic carbocycles. The Morgan fingerprint density at radius 1 is 0.939 bits per heavy atom. The van der Waals surface area contributed by atoms with Gasteiger partial charge in [0.05, 0.1) is 5.69 Å². The van der Waals surface area contributed by atoms with Crippen molar-refractivity contribution in [3.8, 4) is 22.4 Å². The standard InChI is InChI=1S/C26H17ClN2O3S/c1-15-23(18-9-7-17(8-10-18)16-5-3-2-4-6-16)28-26(33-15)29-24(30)21-14-19-13-20(27)11-12-22(19)32-25(21)31/h2-14H,1H3,(H,28,29,30). The highest BCUT2D eigenvalue weighted by Gasteiger charge is 2.17. The number of nitrogens with zero attached hydrogens (tertiary/aromatic N) is 1. The summed E-state index contributed by atoms with van der Waals surface area (Å²) in [5.41, 5.74) is 3.54. The van der Waals surface area contributed by atoms with Crippen LogP contribution in [0.3, 0.4) is 0 Å². The minimum absolute atomic E-state index is 0.105. The van der Waals surface area contributed by atoms with E-state index in [1.807, 2.05) is 49.4 Å². The molecule has 2 aromatic heterocycles. The van der Waals surface area contributed by atoms with Crippen molar-refractivity contribution in [2.24, 2.45) is 0 Å². The van der Waals surface area contributed by atoms with Gasteiger partial charge in [0.25, 0.3) is 5.91 Å². The van der Waals surface area contributed by atoms with Gasteiger partial charge in [0.15, 0.2) is 5.13 Å². The highest BCUT2D eigenvalue weighted by molar-refractivity contribution is 7.16. The number of halogens is 1. The number of aryl methyl sites for hydroxylation is 1. The van der Waals surface area contributed by atoms with Gasteiger partial charge in [-0.15, -0.1) is 11.3 Å². The molecule has 0 radical (unpaired) electrons. The second-order valence-corrected chi connectivity index (χ2v) is 9.09. The summed E-state index contributed by atoms with van der Waals surface area (Å²) in [5.74, 6) is -0.578. The van der Waals surface area contributed by atoms with Crippen LogP contribution in [0, 0.1) is 6.92 Å². The molecule has 33 heavy (non-hydrogen) atoms.